The first-order chi connectivity index (χ1) is 9.68. The molecule has 3 aliphatic rings. The largest absolute Gasteiger partial charge is 0.390 e. The summed E-state index contributed by atoms with van der Waals surface area (Å²) in [6.45, 7) is 4.39. The summed E-state index contributed by atoms with van der Waals surface area (Å²) in [7, 11) is 0. The fourth-order valence-electron chi connectivity index (χ4n) is 6.09. The fourth-order valence-corrected chi connectivity index (χ4v) is 6.09. The van der Waals surface area contributed by atoms with E-state index in [-0.39, 0.29) is 5.60 Å². The van der Waals surface area contributed by atoms with Gasteiger partial charge in [-0.25, -0.2) is 0 Å². The van der Waals surface area contributed by atoms with Crippen molar-refractivity contribution in [3.63, 3.8) is 0 Å². The van der Waals surface area contributed by atoms with Crippen molar-refractivity contribution >= 4 is 0 Å². The molecule has 1 nitrogen and oxygen atoms in total. The Labute approximate surface area is 125 Å². The standard InChI is InChI=1S/C19H34O/c1-3-19(20,4-2)18-11-7-10-16-12-14-8-5-6-9-15(14)13-17(16)18/h14-18,20H,3-13H2,1-2H3. The lowest BCUT2D eigenvalue weighted by atomic mass is 9.54. The third-order valence-corrected chi connectivity index (χ3v) is 7.37. The van der Waals surface area contributed by atoms with Crippen molar-refractivity contribution in [3.8, 4) is 0 Å². The molecule has 0 aromatic heterocycles. The van der Waals surface area contributed by atoms with E-state index in [0.29, 0.717) is 5.92 Å². The van der Waals surface area contributed by atoms with E-state index in [9.17, 15) is 5.11 Å². The number of rotatable bonds is 3. The zero-order valence-corrected chi connectivity index (χ0v) is 13.6. The molecule has 0 heterocycles. The first-order valence-electron chi connectivity index (χ1n) is 9.40. The highest BCUT2D eigenvalue weighted by Crippen LogP contribution is 2.54. The summed E-state index contributed by atoms with van der Waals surface area (Å²) in [6, 6.07) is 0. The van der Waals surface area contributed by atoms with Crippen LogP contribution in [0.1, 0.15) is 84.5 Å². The predicted molar refractivity (Wildman–Crippen MR) is 84.5 cm³/mol. The van der Waals surface area contributed by atoms with Crippen LogP contribution in [-0.2, 0) is 0 Å². The molecule has 5 atom stereocenters. The Balaban J connectivity index is 1.77. The van der Waals surface area contributed by atoms with Gasteiger partial charge >= 0.3 is 0 Å². The Morgan fingerprint density at radius 1 is 0.800 bits per heavy atom. The van der Waals surface area contributed by atoms with Crippen LogP contribution in [0.2, 0.25) is 0 Å². The van der Waals surface area contributed by atoms with Gasteiger partial charge in [0, 0.05) is 0 Å². The molecule has 3 rings (SSSR count). The monoisotopic (exact) mass is 278 g/mol. The quantitative estimate of drug-likeness (QED) is 0.755. The lowest BCUT2D eigenvalue weighted by Gasteiger charge is -2.53. The Morgan fingerprint density at radius 3 is 2.05 bits per heavy atom. The second kappa shape index (κ2) is 5.99. The minimum absolute atomic E-state index is 0.370. The van der Waals surface area contributed by atoms with Gasteiger partial charge in [0.2, 0.25) is 0 Å². The third-order valence-electron chi connectivity index (χ3n) is 7.37. The summed E-state index contributed by atoms with van der Waals surface area (Å²) >= 11 is 0. The first kappa shape index (κ1) is 14.9. The van der Waals surface area contributed by atoms with E-state index >= 15 is 0 Å². The van der Waals surface area contributed by atoms with E-state index in [2.05, 4.69) is 13.8 Å². The van der Waals surface area contributed by atoms with E-state index in [1.807, 2.05) is 0 Å². The fraction of sp³-hybridized carbons (Fsp3) is 1.00. The molecule has 1 heteroatoms. The van der Waals surface area contributed by atoms with Gasteiger partial charge in [0.15, 0.2) is 0 Å². The first-order valence-corrected chi connectivity index (χ1v) is 9.40. The van der Waals surface area contributed by atoms with Crippen molar-refractivity contribution in [1.29, 1.82) is 0 Å². The second-order valence-electron chi connectivity index (χ2n) is 8.05. The van der Waals surface area contributed by atoms with Crippen molar-refractivity contribution in [2.75, 3.05) is 0 Å². The molecule has 3 saturated carbocycles. The van der Waals surface area contributed by atoms with Crippen LogP contribution < -0.4 is 0 Å². The molecule has 0 aromatic carbocycles. The maximum atomic E-state index is 11.1. The molecule has 3 fully saturated rings. The van der Waals surface area contributed by atoms with Crippen molar-refractivity contribution in [1.82, 2.24) is 0 Å². The predicted octanol–water partition coefficient (Wildman–Crippen LogP) is 5.17. The molecule has 20 heavy (non-hydrogen) atoms. The van der Waals surface area contributed by atoms with E-state index < -0.39 is 0 Å². The third kappa shape index (κ3) is 2.56. The molecule has 3 aliphatic carbocycles. The average molecular weight is 278 g/mol. The molecule has 0 aliphatic heterocycles. The highest BCUT2D eigenvalue weighted by atomic mass is 16.3. The van der Waals surface area contributed by atoms with Crippen LogP contribution in [0.4, 0.5) is 0 Å². The van der Waals surface area contributed by atoms with Crippen molar-refractivity contribution < 1.29 is 5.11 Å². The van der Waals surface area contributed by atoms with Crippen LogP contribution >= 0.6 is 0 Å². The smallest absolute Gasteiger partial charge is 0.0673 e. The van der Waals surface area contributed by atoms with Crippen LogP contribution in [0.3, 0.4) is 0 Å². The van der Waals surface area contributed by atoms with Gasteiger partial charge in [-0.1, -0.05) is 52.4 Å². The van der Waals surface area contributed by atoms with Crippen LogP contribution in [0, 0.1) is 29.6 Å². The van der Waals surface area contributed by atoms with Crippen molar-refractivity contribution in [2.24, 2.45) is 29.6 Å². The maximum Gasteiger partial charge on any atom is 0.0673 e. The Bertz CT molecular complexity index is 320. The highest BCUT2D eigenvalue weighted by molar-refractivity contribution is 4.98. The molecule has 1 N–H and O–H groups in total. The van der Waals surface area contributed by atoms with Crippen molar-refractivity contribution in [3.05, 3.63) is 0 Å². The summed E-state index contributed by atoms with van der Waals surface area (Å²) in [6.07, 6.45) is 14.9. The Kier molecular flexibility index (Phi) is 4.45. The molecule has 0 aromatic rings. The minimum Gasteiger partial charge on any atom is -0.390 e. The molecule has 116 valence electrons. The van der Waals surface area contributed by atoms with Crippen LogP contribution in [0.25, 0.3) is 0 Å². The van der Waals surface area contributed by atoms with Gasteiger partial charge in [-0.15, -0.1) is 0 Å². The lowest BCUT2D eigenvalue weighted by molar-refractivity contribution is -0.101. The van der Waals surface area contributed by atoms with Gasteiger partial charge in [-0.2, -0.15) is 0 Å². The van der Waals surface area contributed by atoms with Gasteiger partial charge in [0.05, 0.1) is 5.60 Å². The van der Waals surface area contributed by atoms with Crippen LogP contribution in [-0.4, -0.2) is 10.7 Å². The second-order valence-corrected chi connectivity index (χ2v) is 8.05. The molecule has 0 saturated heterocycles. The van der Waals surface area contributed by atoms with E-state index in [1.54, 1.807) is 0 Å². The highest BCUT2D eigenvalue weighted by Gasteiger charge is 2.48. The Hall–Kier alpha value is -0.0400. The number of aliphatic hydroxyl groups is 1. The zero-order chi connectivity index (χ0) is 14.2. The molecule has 0 spiro atoms. The van der Waals surface area contributed by atoms with Crippen LogP contribution in [0.5, 0.6) is 0 Å². The number of hydrogen-bond donors (Lipinski definition) is 1. The number of fused-ring (bicyclic) bond motifs is 2. The summed E-state index contributed by atoms with van der Waals surface area (Å²) in [5.74, 6) is 4.42. The summed E-state index contributed by atoms with van der Waals surface area (Å²) in [5.41, 5.74) is -0.370. The van der Waals surface area contributed by atoms with E-state index in [0.717, 1.165) is 36.5 Å². The summed E-state index contributed by atoms with van der Waals surface area (Å²) in [5, 5.41) is 11.1. The van der Waals surface area contributed by atoms with E-state index in [4.69, 9.17) is 0 Å². The topological polar surface area (TPSA) is 20.2 Å². The summed E-state index contributed by atoms with van der Waals surface area (Å²) < 4.78 is 0. The molecule has 5 unspecified atom stereocenters. The van der Waals surface area contributed by atoms with E-state index in [1.165, 1.54) is 57.8 Å². The van der Waals surface area contributed by atoms with Gasteiger partial charge in [0.25, 0.3) is 0 Å². The Morgan fingerprint density at radius 2 is 1.40 bits per heavy atom. The van der Waals surface area contributed by atoms with Crippen LogP contribution in [0.15, 0.2) is 0 Å². The van der Waals surface area contributed by atoms with Gasteiger partial charge in [-0.05, 0) is 61.7 Å². The molecular formula is C19H34O. The molecule has 0 radical (unpaired) electrons. The van der Waals surface area contributed by atoms with Gasteiger partial charge in [0.1, 0.15) is 0 Å². The zero-order valence-electron chi connectivity index (χ0n) is 13.6. The van der Waals surface area contributed by atoms with Gasteiger partial charge in [-0.3, -0.25) is 0 Å². The average Bonchev–Trinajstić information content (AvgIpc) is 2.51. The minimum atomic E-state index is -0.370. The molecule has 0 amide bonds. The number of hydrogen-bond acceptors (Lipinski definition) is 1. The van der Waals surface area contributed by atoms with Crippen molar-refractivity contribution in [2.45, 2.75) is 90.1 Å². The SMILES string of the molecule is CCC(O)(CC)C1CCCC2CC3CCCCC3CC21. The molecule has 0 bridgehead atoms. The normalized spacial score (nSPS) is 41.9. The lowest BCUT2D eigenvalue weighted by Crippen LogP contribution is -2.48. The maximum absolute atomic E-state index is 11.1. The molecular weight excluding hydrogens is 244 g/mol. The summed E-state index contributed by atoms with van der Waals surface area (Å²) in [4.78, 5) is 0. The van der Waals surface area contributed by atoms with Gasteiger partial charge < -0.3 is 5.11 Å².